The molecule has 0 radical (unpaired) electrons. The van der Waals surface area contributed by atoms with Crippen LogP contribution >= 0.6 is 0 Å². The smallest absolute Gasteiger partial charge is 0.00337 e. The molecule has 0 heteroatoms. The van der Waals surface area contributed by atoms with E-state index in [1.807, 2.05) is 0 Å². The van der Waals surface area contributed by atoms with Crippen molar-refractivity contribution in [3.63, 3.8) is 0 Å². The van der Waals surface area contributed by atoms with Crippen molar-refractivity contribution in [3.8, 4) is 0 Å². The van der Waals surface area contributed by atoms with Crippen LogP contribution in [0.1, 0.15) is 26.7 Å². The molecule has 0 amide bonds. The van der Waals surface area contributed by atoms with Crippen molar-refractivity contribution in [1.29, 1.82) is 0 Å². The van der Waals surface area contributed by atoms with Gasteiger partial charge in [-0.05, 0) is 12.8 Å². The van der Waals surface area contributed by atoms with Crippen molar-refractivity contribution >= 4 is 0 Å². The second kappa shape index (κ2) is 1.55. The van der Waals surface area contributed by atoms with Gasteiger partial charge in [-0.2, -0.15) is 0 Å². The first-order valence-electron chi connectivity index (χ1n) is 4.03. The Morgan fingerprint density at radius 3 is 1.30 bits per heavy atom. The molecule has 0 N–H and O–H groups in total. The molecule has 0 aromatic rings. The third-order valence-electron chi connectivity index (χ3n) is 2.89. The molecular weight excluding hydrogens is 120 g/mol. The summed E-state index contributed by atoms with van der Waals surface area (Å²) in [6, 6.07) is 0. The molecule has 0 unspecified atom stereocenters. The fraction of sp³-hybridized carbons (Fsp3) is 0.600. The highest BCUT2D eigenvalue weighted by atomic mass is 14.4. The number of hydrogen-bond acceptors (Lipinski definition) is 0. The summed E-state index contributed by atoms with van der Waals surface area (Å²) in [7, 11) is 0. The third-order valence-corrected chi connectivity index (χ3v) is 2.89. The van der Waals surface area contributed by atoms with E-state index < -0.39 is 0 Å². The molecule has 0 aliphatic heterocycles. The van der Waals surface area contributed by atoms with Crippen LogP contribution in [0.2, 0.25) is 0 Å². The predicted octanol–water partition coefficient (Wildman–Crippen LogP) is 2.92. The van der Waals surface area contributed by atoms with Crippen LogP contribution in [-0.2, 0) is 0 Å². The number of allylic oxidation sites excluding steroid dienone is 4. The van der Waals surface area contributed by atoms with Crippen LogP contribution in [0.3, 0.4) is 0 Å². The van der Waals surface area contributed by atoms with E-state index in [0.29, 0.717) is 10.8 Å². The molecule has 0 fully saturated rings. The molecule has 54 valence electrons. The van der Waals surface area contributed by atoms with Gasteiger partial charge in [-0.3, -0.25) is 0 Å². The Labute approximate surface area is 62.6 Å². The second-order valence-electron chi connectivity index (χ2n) is 4.18. The standard InChI is InChI=1S/C10H14/c1-9-3-6-10(2,7-4-9)8-5-9/h3-4,6-7H,5,8H2,1-2H3. The van der Waals surface area contributed by atoms with E-state index in [4.69, 9.17) is 0 Å². The Morgan fingerprint density at radius 2 is 1.10 bits per heavy atom. The Balaban J connectivity index is 2.42. The lowest BCUT2D eigenvalue weighted by Crippen LogP contribution is -2.28. The summed E-state index contributed by atoms with van der Waals surface area (Å²) in [6.07, 6.45) is 12.1. The normalized spacial score (nSPS) is 50.2. The summed E-state index contributed by atoms with van der Waals surface area (Å²) >= 11 is 0. The van der Waals surface area contributed by atoms with E-state index in [1.54, 1.807) is 0 Å². The maximum Gasteiger partial charge on any atom is 0.00337 e. The van der Waals surface area contributed by atoms with Crippen molar-refractivity contribution in [2.24, 2.45) is 10.8 Å². The van der Waals surface area contributed by atoms with Crippen LogP contribution in [-0.4, -0.2) is 0 Å². The minimum atomic E-state index is 0.401. The van der Waals surface area contributed by atoms with E-state index in [1.165, 1.54) is 12.8 Å². The van der Waals surface area contributed by atoms with Gasteiger partial charge >= 0.3 is 0 Å². The Bertz CT molecular complexity index is 172. The molecule has 3 aliphatic rings. The van der Waals surface area contributed by atoms with Gasteiger partial charge in [0.15, 0.2) is 0 Å². The molecular formula is C10H14. The zero-order valence-electron chi connectivity index (χ0n) is 6.72. The fourth-order valence-electron chi connectivity index (χ4n) is 1.74. The van der Waals surface area contributed by atoms with Gasteiger partial charge in [0.2, 0.25) is 0 Å². The zero-order valence-corrected chi connectivity index (χ0v) is 6.72. The summed E-state index contributed by atoms with van der Waals surface area (Å²) < 4.78 is 0. The summed E-state index contributed by atoms with van der Waals surface area (Å²) in [5, 5.41) is 0. The summed E-state index contributed by atoms with van der Waals surface area (Å²) in [4.78, 5) is 0. The molecule has 0 atom stereocenters. The monoisotopic (exact) mass is 134 g/mol. The molecule has 0 saturated carbocycles. The maximum atomic E-state index is 2.36. The molecule has 10 heavy (non-hydrogen) atoms. The second-order valence-corrected chi connectivity index (χ2v) is 4.18. The lowest BCUT2D eigenvalue weighted by molar-refractivity contribution is 0.324. The van der Waals surface area contributed by atoms with Crippen molar-refractivity contribution in [3.05, 3.63) is 24.3 Å². The van der Waals surface area contributed by atoms with Crippen LogP contribution in [0.5, 0.6) is 0 Å². The summed E-state index contributed by atoms with van der Waals surface area (Å²) in [5.41, 5.74) is 0.801. The minimum absolute atomic E-state index is 0.401. The molecule has 0 nitrogen and oxygen atoms in total. The first-order chi connectivity index (χ1) is 4.62. The minimum Gasteiger partial charge on any atom is -0.0780 e. The first-order valence-corrected chi connectivity index (χ1v) is 4.03. The van der Waals surface area contributed by atoms with E-state index in [0.717, 1.165) is 0 Å². The average Bonchev–Trinajstić information content (AvgIpc) is 1.93. The topological polar surface area (TPSA) is 0 Å². The molecule has 0 heterocycles. The first kappa shape index (κ1) is 6.21. The Kier molecular flexibility index (Phi) is 0.964. The fourth-order valence-corrected chi connectivity index (χ4v) is 1.74. The van der Waals surface area contributed by atoms with Crippen molar-refractivity contribution < 1.29 is 0 Å². The van der Waals surface area contributed by atoms with Crippen LogP contribution < -0.4 is 0 Å². The number of hydrogen-bond donors (Lipinski definition) is 0. The Morgan fingerprint density at radius 1 is 0.800 bits per heavy atom. The predicted molar refractivity (Wildman–Crippen MR) is 43.7 cm³/mol. The molecule has 0 saturated heterocycles. The highest BCUT2D eigenvalue weighted by Crippen LogP contribution is 2.46. The van der Waals surface area contributed by atoms with Gasteiger partial charge in [0.1, 0.15) is 0 Å². The van der Waals surface area contributed by atoms with E-state index in [-0.39, 0.29) is 0 Å². The van der Waals surface area contributed by atoms with Crippen molar-refractivity contribution in [1.82, 2.24) is 0 Å². The molecule has 0 aromatic heterocycles. The molecule has 3 aliphatic carbocycles. The highest BCUT2D eigenvalue weighted by molar-refractivity contribution is 5.27. The van der Waals surface area contributed by atoms with E-state index >= 15 is 0 Å². The van der Waals surface area contributed by atoms with Gasteiger partial charge in [-0.15, -0.1) is 0 Å². The summed E-state index contributed by atoms with van der Waals surface area (Å²) in [5.74, 6) is 0. The van der Waals surface area contributed by atoms with Gasteiger partial charge < -0.3 is 0 Å². The number of fused-ring (bicyclic) bond motifs is 1. The Hall–Kier alpha value is -0.520. The highest BCUT2D eigenvalue weighted by Gasteiger charge is 2.34. The molecule has 2 bridgehead atoms. The van der Waals surface area contributed by atoms with Gasteiger partial charge in [-0.25, -0.2) is 0 Å². The van der Waals surface area contributed by atoms with Gasteiger partial charge in [-0.1, -0.05) is 38.2 Å². The zero-order chi connectivity index (χ0) is 7.24. The average molecular weight is 134 g/mol. The largest absolute Gasteiger partial charge is 0.0780 e. The molecule has 0 spiro atoms. The lowest BCUT2D eigenvalue weighted by Gasteiger charge is -2.40. The quantitative estimate of drug-likeness (QED) is 0.447. The lowest BCUT2D eigenvalue weighted by atomic mass is 9.65. The van der Waals surface area contributed by atoms with E-state index in [9.17, 15) is 0 Å². The van der Waals surface area contributed by atoms with Gasteiger partial charge in [0.25, 0.3) is 0 Å². The van der Waals surface area contributed by atoms with Crippen LogP contribution in [0.4, 0.5) is 0 Å². The summed E-state index contributed by atoms with van der Waals surface area (Å²) in [6.45, 7) is 4.61. The maximum absolute atomic E-state index is 2.36. The SMILES string of the molecule is CC12C=CC(C)(C=C1)CC2. The molecule has 3 rings (SSSR count). The van der Waals surface area contributed by atoms with Crippen LogP contribution in [0, 0.1) is 10.8 Å². The van der Waals surface area contributed by atoms with Crippen molar-refractivity contribution in [2.45, 2.75) is 26.7 Å². The van der Waals surface area contributed by atoms with Crippen LogP contribution in [0.25, 0.3) is 0 Å². The van der Waals surface area contributed by atoms with Gasteiger partial charge in [0.05, 0.1) is 0 Å². The molecule has 0 aromatic carbocycles. The van der Waals surface area contributed by atoms with Gasteiger partial charge in [0, 0.05) is 10.8 Å². The van der Waals surface area contributed by atoms with Crippen LogP contribution in [0.15, 0.2) is 24.3 Å². The van der Waals surface area contributed by atoms with E-state index in [2.05, 4.69) is 38.2 Å². The van der Waals surface area contributed by atoms with Crippen molar-refractivity contribution in [2.75, 3.05) is 0 Å². The third kappa shape index (κ3) is 0.749. The number of rotatable bonds is 0.